The number of ketones is 1. The second-order valence-corrected chi connectivity index (χ2v) is 4.63. The Bertz CT molecular complexity index is 582. The van der Waals surface area contributed by atoms with E-state index in [0.717, 1.165) is 12.5 Å². The lowest BCUT2D eigenvalue weighted by Gasteiger charge is -2.04. The Hall–Kier alpha value is -2.54. The van der Waals surface area contributed by atoms with Gasteiger partial charge in [0.05, 0.1) is 17.1 Å². The molecule has 0 spiro atoms. The maximum atomic E-state index is 11.7. The number of hydrogen-bond acceptors (Lipinski definition) is 6. The van der Waals surface area contributed by atoms with Gasteiger partial charge in [-0.3, -0.25) is 19.7 Å². The first-order chi connectivity index (χ1) is 11.0. The zero-order valence-electron chi connectivity index (χ0n) is 12.9. The summed E-state index contributed by atoms with van der Waals surface area (Å²) < 4.78 is 9.99. The Labute approximate surface area is 134 Å². The van der Waals surface area contributed by atoms with E-state index in [1.165, 1.54) is 24.3 Å². The van der Waals surface area contributed by atoms with Crippen LogP contribution in [0.3, 0.4) is 0 Å². The molecule has 1 aromatic rings. The number of nitro benzene ring substituents is 1. The number of carbonyl (C=O) groups excluding carboxylic acids is 2. The van der Waals surface area contributed by atoms with Gasteiger partial charge < -0.3 is 9.47 Å². The van der Waals surface area contributed by atoms with E-state index in [2.05, 4.69) is 0 Å². The van der Waals surface area contributed by atoms with Crippen molar-refractivity contribution in [1.82, 2.24) is 0 Å². The fourth-order valence-corrected chi connectivity index (χ4v) is 1.69. The first-order valence-corrected chi connectivity index (χ1v) is 7.22. The molecule has 0 aliphatic carbocycles. The Balaban J connectivity index is 2.44. The number of esters is 1. The number of rotatable bonds is 10. The molecule has 1 rings (SSSR count). The summed E-state index contributed by atoms with van der Waals surface area (Å²) in [6, 6.07) is 6.02. The molecule has 0 aliphatic heterocycles. The molecule has 124 valence electrons. The average molecular weight is 321 g/mol. The lowest BCUT2D eigenvalue weighted by Crippen LogP contribution is -2.13. The third-order valence-corrected chi connectivity index (χ3v) is 2.74. The van der Waals surface area contributed by atoms with E-state index in [9.17, 15) is 19.7 Å². The zero-order valence-corrected chi connectivity index (χ0v) is 12.9. The summed E-state index contributed by atoms with van der Waals surface area (Å²) in [6.07, 6.45) is 2.92. The third-order valence-electron chi connectivity index (χ3n) is 2.74. The number of hydrogen-bond donors (Lipinski definition) is 0. The Morgan fingerprint density at radius 2 is 1.96 bits per heavy atom. The summed E-state index contributed by atoms with van der Waals surface area (Å²) in [6.45, 7) is 2.95. The molecule has 0 fully saturated rings. The molecule has 0 saturated carbocycles. The van der Waals surface area contributed by atoms with E-state index in [0.29, 0.717) is 18.8 Å². The van der Waals surface area contributed by atoms with Gasteiger partial charge in [0.15, 0.2) is 5.78 Å². The first-order valence-electron chi connectivity index (χ1n) is 7.22. The third kappa shape index (κ3) is 7.32. The number of para-hydroxylation sites is 1. The molecule has 0 heterocycles. The lowest BCUT2D eigenvalue weighted by molar-refractivity contribution is -0.385. The second-order valence-electron chi connectivity index (χ2n) is 4.63. The van der Waals surface area contributed by atoms with Crippen LogP contribution in [-0.4, -0.2) is 36.5 Å². The van der Waals surface area contributed by atoms with Crippen molar-refractivity contribution in [1.29, 1.82) is 0 Å². The van der Waals surface area contributed by atoms with Crippen molar-refractivity contribution in [2.75, 3.05) is 19.8 Å². The monoisotopic (exact) mass is 321 g/mol. The number of benzene rings is 1. The number of allylic oxidation sites excluding steroid dienone is 1. The Morgan fingerprint density at radius 1 is 1.22 bits per heavy atom. The van der Waals surface area contributed by atoms with Gasteiger partial charge in [0.1, 0.15) is 13.0 Å². The highest BCUT2D eigenvalue weighted by molar-refractivity contribution is 6.04. The molecule has 0 N–H and O–H groups in total. The van der Waals surface area contributed by atoms with Crippen molar-refractivity contribution < 1.29 is 24.0 Å². The van der Waals surface area contributed by atoms with Crippen LogP contribution >= 0.6 is 0 Å². The number of carbonyl (C=O) groups is 2. The van der Waals surface area contributed by atoms with E-state index in [1.54, 1.807) is 6.07 Å². The average Bonchev–Trinajstić information content (AvgIpc) is 2.53. The van der Waals surface area contributed by atoms with Crippen LogP contribution in [0.5, 0.6) is 0 Å². The van der Waals surface area contributed by atoms with Gasteiger partial charge in [0, 0.05) is 12.7 Å². The van der Waals surface area contributed by atoms with Crippen molar-refractivity contribution in [3.05, 3.63) is 46.0 Å². The van der Waals surface area contributed by atoms with Crippen LogP contribution in [0.2, 0.25) is 0 Å². The molecule has 1 aromatic carbocycles. The van der Waals surface area contributed by atoms with Gasteiger partial charge in [-0.2, -0.15) is 0 Å². The predicted molar refractivity (Wildman–Crippen MR) is 83.8 cm³/mol. The standard InChI is InChI=1S/C16H19NO6/c1-2-9-22-10-11-23-16(19)12-14(18)8-7-13-5-3-4-6-15(13)17(20)21/h3-8H,2,9-12H2,1H3. The van der Waals surface area contributed by atoms with Crippen molar-refractivity contribution in [2.24, 2.45) is 0 Å². The minimum Gasteiger partial charge on any atom is -0.463 e. The topological polar surface area (TPSA) is 95.7 Å². The van der Waals surface area contributed by atoms with E-state index in [4.69, 9.17) is 9.47 Å². The molecule has 0 atom stereocenters. The quantitative estimate of drug-likeness (QED) is 0.164. The summed E-state index contributed by atoms with van der Waals surface area (Å²) in [5.74, 6) is -1.13. The van der Waals surface area contributed by atoms with E-state index < -0.39 is 23.1 Å². The maximum Gasteiger partial charge on any atom is 0.313 e. The molecule has 0 aromatic heterocycles. The van der Waals surface area contributed by atoms with E-state index >= 15 is 0 Å². The molecule has 7 nitrogen and oxygen atoms in total. The highest BCUT2D eigenvalue weighted by atomic mass is 16.6. The second kappa shape index (κ2) is 10.2. The van der Waals surface area contributed by atoms with Gasteiger partial charge in [-0.05, 0) is 24.6 Å². The Morgan fingerprint density at radius 3 is 2.65 bits per heavy atom. The van der Waals surface area contributed by atoms with Crippen molar-refractivity contribution in [3.63, 3.8) is 0 Å². The van der Waals surface area contributed by atoms with Crippen molar-refractivity contribution >= 4 is 23.5 Å². The van der Waals surface area contributed by atoms with Crippen LogP contribution in [0.25, 0.3) is 6.08 Å². The first kappa shape index (κ1) is 18.5. The fourth-order valence-electron chi connectivity index (χ4n) is 1.69. The molecule has 0 saturated heterocycles. The van der Waals surface area contributed by atoms with Gasteiger partial charge in [-0.1, -0.05) is 19.1 Å². The van der Waals surface area contributed by atoms with Crippen LogP contribution < -0.4 is 0 Å². The molecule has 23 heavy (non-hydrogen) atoms. The molecule has 0 unspecified atom stereocenters. The van der Waals surface area contributed by atoms with Gasteiger partial charge >= 0.3 is 5.97 Å². The molecular formula is C16H19NO6. The van der Waals surface area contributed by atoms with E-state index in [-0.39, 0.29) is 12.3 Å². The van der Waals surface area contributed by atoms with Crippen LogP contribution in [0.4, 0.5) is 5.69 Å². The normalized spacial score (nSPS) is 10.7. The summed E-state index contributed by atoms with van der Waals surface area (Å²) in [5, 5.41) is 10.8. The lowest BCUT2D eigenvalue weighted by atomic mass is 10.1. The molecule has 7 heteroatoms. The van der Waals surface area contributed by atoms with Crippen LogP contribution in [0, 0.1) is 10.1 Å². The minimum absolute atomic E-state index is 0.0972. The summed E-state index contributed by atoms with van der Waals surface area (Å²) in [5.41, 5.74) is 0.194. The van der Waals surface area contributed by atoms with Crippen molar-refractivity contribution in [3.8, 4) is 0 Å². The highest BCUT2D eigenvalue weighted by Crippen LogP contribution is 2.18. The van der Waals surface area contributed by atoms with Crippen LogP contribution in [0.15, 0.2) is 30.3 Å². The Kier molecular flexibility index (Phi) is 8.23. The largest absolute Gasteiger partial charge is 0.463 e. The summed E-state index contributed by atoms with van der Waals surface area (Å²) in [4.78, 5) is 33.4. The molecule has 0 aliphatic rings. The summed E-state index contributed by atoms with van der Waals surface area (Å²) in [7, 11) is 0. The van der Waals surface area contributed by atoms with Gasteiger partial charge in [-0.15, -0.1) is 0 Å². The van der Waals surface area contributed by atoms with Gasteiger partial charge in [0.25, 0.3) is 5.69 Å². The fraction of sp³-hybridized carbons (Fsp3) is 0.375. The maximum absolute atomic E-state index is 11.7. The zero-order chi connectivity index (χ0) is 17.1. The van der Waals surface area contributed by atoms with Crippen LogP contribution in [-0.2, 0) is 19.1 Å². The van der Waals surface area contributed by atoms with Gasteiger partial charge in [-0.25, -0.2) is 0 Å². The SMILES string of the molecule is CCCOCCOC(=O)CC(=O)C=Cc1ccccc1[N+](=O)[O-]. The number of nitro groups is 1. The molecular weight excluding hydrogens is 302 g/mol. The molecule has 0 bridgehead atoms. The van der Waals surface area contributed by atoms with Gasteiger partial charge in [0.2, 0.25) is 0 Å². The van der Waals surface area contributed by atoms with Crippen molar-refractivity contribution in [2.45, 2.75) is 19.8 Å². The highest BCUT2D eigenvalue weighted by Gasteiger charge is 2.11. The molecule has 0 amide bonds. The van der Waals surface area contributed by atoms with E-state index in [1.807, 2.05) is 6.92 Å². The number of nitrogens with zero attached hydrogens (tertiary/aromatic N) is 1. The minimum atomic E-state index is -0.651. The predicted octanol–water partition coefficient (Wildman–Crippen LogP) is 2.54. The summed E-state index contributed by atoms with van der Waals surface area (Å²) >= 11 is 0. The van der Waals surface area contributed by atoms with Crippen LogP contribution in [0.1, 0.15) is 25.3 Å². The smallest absolute Gasteiger partial charge is 0.313 e. The number of ether oxygens (including phenoxy) is 2. The molecule has 0 radical (unpaired) electrons.